The lowest BCUT2D eigenvalue weighted by molar-refractivity contribution is -0.384. The number of alkyl halides is 3. The molecule has 0 aromatic heterocycles. The zero-order valence-electron chi connectivity index (χ0n) is 7.01. The molecule has 82 valence electrons. The highest BCUT2D eigenvalue weighted by Gasteiger charge is 2.35. The van der Waals surface area contributed by atoms with Gasteiger partial charge in [-0.05, 0) is 6.07 Å². The number of nitro benzene ring substituents is 1. The molecule has 0 radical (unpaired) electrons. The first kappa shape index (κ1) is 11.6. The molecular formula is C7H4ClF3N2O2. The molecule has 15 heavy (non-hydrogen) atoms. The Morgan fingerprint density at radius 3 is 2.33 bits per heavy atom. The molecule has 2 N–H and O–H groups in total. The largest absolute Gasteiger partial charge is 0.418 e. The molecule has 0 aliphatic carbocycles. The van der Waals surface area contributed by atoms with Crippen molar-refractivity contribution >= 4 is 23.0 Å². The molecule has 1 rings (SSSR count). The van der Waals surface area contributed by atoms with Gasteiger partial charge in [-0.1, -0.05) is 11.6 Å². The number of nitrogen functional groups attached to an aromatic ring is 1. The number of hydrogen-bond donors (Lipinski definition) is 1. The van der Waals surface area contributed by atoms with Crippen molar-refractivity contribution in [1.29, 1.82) is 0 Å². The van der Waals surface area contributed by atoms with Crippen LogP contribution in [-0.2, 0) is 6.18 Å². The fraction of sp³-hybridized carbons (Fsp3) is 0.143. The van der Waals surface area contributed by atoms with E-state index in [0.29, 0.717) is 12.1 Å². The predicted molar refractivity (Wildman–Crippen MR) is 47.5 cm³/mol. The van der Waals surface area contributed by atoms with E-state index in [4.69, 9.17) is 17.3 Å². The van der Waals surface area contributed by atoms with Crippen molar-refractivity contribution in [2.24, 2.45) is 0 Å². The van der Waals surface area contributed by atoms with E-state index in [1.54, 1.807) is 0 Å². The monoisotopic (exact) mass is 240 g/mol. The Labute approximate surface area is 86.6 Å². The lowest BCUT2D eigenvalue weighted by Gasteiger charge is -2.09. The molecular weight excluding hydrogens is 237 g/mol. The van der Waals surface area contributed by atoms with Gasteiger partial charge in [0.2, 0.25) is 0 Å². The van der Waals surface area contributed by atoms with E-state index in [1.165, 1.54) is 0 Å². The van der Waals surface area contributed by atoms with Crippen molar-refractivity contribution in [2.75, 3.05) is 5.73 Å². The zero-order valence-corrected chi connectivity index (χ0v) is 7.76. The van der Waals surface area contributed by atoms with Gasteiger partial charge in [-0.2, -0.15) is 13.2 Å². The van der Waals surface area contributed by atoms with Crippen molar-refractivity contribution in [2.45, 2.75) is 6.18 Å². The summed E-state index contributed by atoms with van der Waals surface area (Å²) < 4.78 is 36.8. The molecule has 4 nitrogen and oxygen atoms in total. The average Bonchev–Trinajstić information content (AvgIpc) is 2.00. The molecule has 1 aromatic carbocycles. The van der Waals surface area contributed by atoms with Gasteiger partial charge in [0.25, 0.3) is 5.69 Å². The molecule has 0 amide bonds. The Morgan fingerprint density at radius 2 is 1.93 bits per heavy atom. The van der Waals surface area contributed by atoms with Crippen LogP contribution in [-0.4, -0.2) is 4.92 Å². The van der Waals surface area contributed by atoms with E-state index in [-0.39, 0.29) is 0 Å². The first-order valence-corrected chi connectivity index (χ1v) is 3.92. The molecule has 0 spiro atoms. The van der Waals surface area contributed by atoms with Gasteiger partial charge >= 0.3 is 6.18 Å². The second kappa shape index (κ2) is 3.58. The Morgan fingerprint density at radius 1 is 1.40 bits per heavy atom. The molecule has 0 heterocycles. The number of nitro groups is 1. The Kier molecular flexibility index (Phi) is 2.76. The summed E-state index contributed by atoms with van der Waals surface area (Å²) in [6, 6.07) is 1.03. The summed E-state index contributed by atoms with van der Waals surface area (Å²) in [4.78, 5) is 9.32. The van der Waals surface area contributed by atoms with Crippen LogP contribution in [0, 0.1) is 10.1 Å². The van der Waals surface area contributed by atoms with Crippen LogP contribution in [0.2, 0.25) is 5.02 Å². The normalized spacial score (nSPS) is 11.5. The van der Waals surface area contributed by atoms with Gasteiger partial charge in [0.05, 0.1) is 10.5 Å². The summed E-state index contributed by atoms with van der Waals surface area (Å²) in [5, 5.41) is 9.90. The molecule has 1 aromatic rings. The van der Waals surface area contributed by atoms with Gasteiger partial charge < -0.3 is 5.73 Å². The summed E-state index contributed by atoms with van der Waals surface area (Å²) in [6.07, 6.45) is -4.74. The zero-order chi connectivity index (χ0) is 11.8. The minimum atomic E-state index is -4.74. The molecule has 8 heteroatoms. The first-order chi connectivity index (χ1) is 6.73. The Balaban J connectivity index is 3.43. The molecule has 0 unspecified atom stereocenters. The number of hydrogen-bond acceptors (Lipinski definition) is 3. The quantitative estimate of drug-likeness (QED) is 0.466. The molecule has 0 saturated heterocycles. The first-order valence-electron chi connectivity index (χ1n) is 3.54. The lowest BCUT2D eigenvalue weighted by Crippen LogP contribution is -2.09. The molecule has 0 fully saturated rings. The number of nitrogens with zero attached hydrogens (tertiary/aromatic N) is 1. The van der Waals surface area contributed by atoms with Crippen LogP contribution >= 0.6 is 11.6 Å². The summed E-state index contributed by atoms with van der Waals surface area (Å²) in [5.74, 6) is 0. The predicted octanol–water partition coefficient (Wildman–Crippen LogP) is 2.85. The number of rotatable bonds is 1. The SMILES string of the molecule is Nc1cc(Cl)c([N+](=O)[O-])cc1C(F)(F)F. The maximum atomic E-state index is 12.3. The average molecular weight is 241 g/mol. The van der Waals surface area contributed by atoms with Crippen molar-refractivity contribution in [1.82, 2.24) is 0 Å². The summed E-state index contributed by atoms with van der Waals surface area (Å²) in [5.41, 5.74) is 2.32. The maximum absolute atomic E-state index is 12.3. The van der Waals surface area contributed by atoms with Crippen LogP contribution in [0.15, 0.2) is 12.1 Å². The van der Waals surface area contributed by atoms with E-state index >= 15 is 0 Å². The van der Waals surface area contributed by atoms with Crippen molar-refractivity contribution < 1.29 is 18.1 Å². The third kappa shape index (κ3) is 2.30. The third-order valence-electron chi connectivity index (χ3n) is 1.62. The topological polar surface area (TPSA) is 69.2 Å². The molecule has 0 aliphatic rings. The van der Waals surface area contributed by atoms with Gasteiger partial charge in [0.15, 0.2) is 0 Å². The van der Waals surface area contributed by atoms with Crippen molar-refractivity contribution in [3.63, 3.8) is 0 Å². The van der Waals surface area contributed by atoms with Gasteiger partial charge in [-0.3, -0.25) is 10.1 Å². The van der Waals surface area contributed by atoms with E-state index in [9.17, 15) is 23.3 Å². The van der Waals surface area contributed by atoms with E-state index in [0.717, 1.165) is 0 Å². The number of halogens is 4. The van der Waals surface area contributed by atoms with E-state index in [1.807, 2.05) is 0 Å². The Hall–Kier alpha value is -1.50. The van der Waals surface area contributed by atoms with Gasteiger partial charge in [0.1, 0.15) is 5.02 Å². The highest BCUT2D eigenvalue weighted by molar-refractivity contribution is 6.33. The fourth-order valence-corrected chi connectivity index (χ4v) is 1.20. The molecule has 0 aliphatic heterocycles. The summed E-state index contributed by atoms with van der Waals surface area (Å²) >= 11 is 5.36. The summed E-state index contributed by atoms with van der Waals surface area (Å²) in [7, 11) is 0. The highest BCUT2D eigenvalue weighted by Crippen LogP contribution is 2.38. The van der Waals surface area contributed by atoms with Crippen molar-refractivity contribution in [3.8, 4) is 0 Å². The number of nitrogens with two attached hydrogens (primary N) is 1. The third-order valence-corrected chi connectivity index (χ3v) is 1.92. The van der Waals surface area contributed by atoms with Gasteiger partial charge in [0, 0.05) is 11.8 Å². The van der Waals surface area contributed by atoms with Gasteiger partial charge in [-0.25, -0.2) is 0 Å². The summed E-state index contributed by atoms with van der Waals surface area (Å²) in [6.45, 7) is 0. The molecule has 0 saturated carbocycles. The Bertz CT molecular complexity index is 419. The van der Waals surface area contributed by atoms with Crippen LogP contribution in [0.1, 0.15) is 5.56 Å². The van der Waals surface area contributed by atoms with Crippen LogP contribution in [0.5, 0.6) is 0 Å². The van der Waals surface area contributed by atoms with E-state index < -0.39 is 33.1 Å². The lowest BCUT2D eigenvalue weighted by atomic mass is 10.1. The second-order valence-electron chi connectivity index (χ2n) is 2.65. The fourth-order valence-electron chi connectivity index (χ4n) is 0.963. The van der Waals surface area contributed by atoms with Crippen LogP contribution in [0.25, 0.3) is 0 Å². The van der Waals surface area contributed by atoms with E-state index in [2.05, 4.69) is 0 Å². The smallest absolute Gasteiger partial charge is 0.398 e. The molecule has 0 bridgehead atoms. The standard InChI is InChI=1S/C7H4ClF3N2O2/c8-4-2-5(12)3(7(9,10)11)1-6(4)13(14)15/h1-2H,12H2. The van der Waals surface area contributed by atoms with Gasteiger partial charge in [-0.15, -0.1) is 0 Å². The number of benzene rings is 1. The second-order valence-corrected chi connectivity index (χ2v) is 3.05. The van der Waals surface area contributed by atoms with Crippen LogP contribution in [0.3, 0.4) is 0 Å². The molecule has 0 atom stereocenters. The number of anilines is 1. The minimum absolute atomic E-state index is 0.317. The van der Waals surface area contributed by atoms with Crippen molar-refractivity contribution in [3.05, 3.63) is 32.8 Å². The maximum Gasteiger partial charge on any atom is 0.418 e. The minimum Gasteiger partial charge on any atom is -0.398 e. The highest BCUT2D eigenvalue weighted by atomic mass is 35.5. The van der Waals surface area contributed by atoms with Crippen LogP contribution < -0.4 is 5.73 Å². The van der Waals surface area contributed by atoms with Crippen LogP contribution in [0.4, 0.5) is 24.5 Å².